The van der Waals surface area contributed by atoms with Gasteiger partial charge in [0.15, 0.2) is 0 Å². The van der Waals surface area contributed by atoms with Gasteiger partial charge in [0.1, 0.15) is 11.8 Å². The van der Waals surface area contributed by atoms with Crippen molar-refractivity contribution in [1.82, 2.24) is 4.98 Å². The van der Waals surface area contributed by atoms with Gasteiger partial charge < -0.3 is 4.74 Å². The molecule has 0 aliphatic carbocycles. The molecule has 0 amide bonds. The van der Waals surface area contributed by atoms with Crippen LogP contribution < -0.4 is 0 Å². The van der Waals surface area contributed by atoms with Crippen molar-refractivity contribution in [2.24, 2.45) is 0 Å². The summed E-state index contributed by atoms with van der Waals surface area (Å²) < 4.78 is 5.34. The molecule has 0 saturated carbocycles. The average Bonchev–Trinajstić information content (AvgIpc) is 2.25. The number of nitrogens with zero attached hydrogens (tertiary/aromatic N) is 2. The van der Waals surface area contributed by atoms with Crippen molar-refractivity contribution in [3.63, 3.8) is 0 Å². The molecule has 0 spiro atoms. The van der Waals surface area contributed by atoms with Crippen LogP contribution in [0.1, 0.15) is 17.7 Å². The van der Waals surface area contributed by atoms with Crippen LogP contribution in [0, 0.1) is 11.3 Å². The summed E-state index contributed by atoms with van der Waals surface area (Å²) in [5, 5.41) is 8.74. The molecule has 0 bridgehead atoms. The fraction of sp³-hybridized carbons (Fsp3) is 0.273. The van der Waals surface area contributed by atoms with Crippen LogP contribution >= 0.6 is 0 Å². The van der Waals surface area contributed by atoms with Crippen LogP contribution in [0.25, 0.3) is 0 Å². The topological polar surface area (TPSA) is 45.9 Å². The highest BCUT2D eigenvalue weighted by Gasteiger charge is 2.00. The van der Waals surface area contributed by atoms with Gasteiger partial charge in [-0.15, -0.1) is 6.58 Å². The number of nitriles is 1. The molecular formula is C11H12N2O. The molecule has 3 nitrogen and oxygen atoms in total. The Kier molecular flexibility index (Phi) is 4.39. The van der Waals surface area contributed by atoms with Crippen molar-refractivity contribution in [3.05, 3.63) is 42.2 Å². The SMILES string of the molecule is C=CCCOCc1cccnc1C#N. The van der Waals surface area contributed by atoms with E-state index in [2.05, 4.69) is 11.6 Å². The molecule has 0 aliphatic heterocycles. The Morgan fingerprint density at radius 1 is 1.64 bits per heavy atom. The molecule has 0 N–H and O–H groups in total. The van der Waals surface area contributed by atoms with Crippen LogP contribution in [0.5, 0.6) is 0 Å². The molecule has 0 atom stereocenters. The van der Waals surface area contributed by atoms with Gasteiger partial charge in [-0.3, -0.25) is 0 Å². The summed E-state index contributed by atoms with van der Waals surface area (Å²) in [6, 6.07) is 5.67. The number of rotatable bonds is 5. The van der Waals surface area contributed by atoms with Gasteiger partial charge in [0.2, 0.25) is 0 Å². The van der Waals surface area contributed by atoms with Crippen LogP contribution in [-0.2, 0) is 11.3 Å². The number of ether oxygens (including phenoxy) is 1. The molecule has 0 saturated heterocycles. The zero-order chi connectivity index (χ0) is 10.2. The Morgan fingerprint density at radius 2 is 2.50 bits per heavy atom. The summed E-state index contributed by atoms with van der Waals surface area (Å²) >= 11 is 0. The lowest BCUT2D eigenvalue weighted by Gasteiger charge is -2.03. The summed E-state index contributed by atoms with van der Waals surface area (Å²) in [7, 11) is 0. The van der Waals surface area contributed by atoms with Crippen LogP contribution in [0.15, 0.2) is 31.0 Å². The van der Waals surface area contributed by atoms with Crippen molar-refractivity contribution in [3.8, 4) is 6.07 Å². The van der Waals surface area contributed by atoms with Gasteiger partial charge in [-0.1, -0.05) is 12.1 Å². The van der Waals surface area contributed by atoms with Crippen LogP contribution in [0.2, 0.25) is 0 Å². The molecule has 0 unspecified atom stereocenters. The fourth-order valence-corrected chi connectivity index (χ4v) is 1.00. The van der Waals surface area contributed by atoms with E-state index in [0.717, 1.165) is 12.0 Å². The Labute approximate surface area is 83.7 Å². The molecule has 72 valence electrons. The van der Waals surface area contributed by atoms with E-state index in [1.807, 2.05) is 12.1 Å². The number of pyridine rings is 1. The molecule has 1 heterocycles. The van der Waals surface area contributed by atoms with E-state index in [1.165, 1.54) is 0 Å². The first-order valence-electron chi connectivity index (χ1n) is 4.41. The Hall–Kier alpha value is -1.66. The minimum absolute atomic E-state index is 0.435. The maximum Gasteiger partial charge on any atom is 0.145 e. The quantitative estimate of drug-likeness (QED) is 0.524. The van der Waals surface area contributed by atoms with Gasteiger partial charge in [0, 0.05) is 11.8 Å². The molecule has 14 heavy (non-hydrogen) atoms. The van der Waals surface area contributed by atoms with Crippen LogP contribution in [-0.4, -0.2) is 11.6 Å². The second kappa shape index (κ2) is 5.90. The molecule has 3 heteroatoms. The second-order valence-electron chi connectivity index (χ2n) is 2.75. The highest BCUT2D eigenvalue weighted by Crippen LogP contribution is 2.05. The Morgan fingerprint density at radius 3 is 3.21 bits per heavy atom. The monoisotopic (exact) mass is 188 g/mol. The predicted octanol–water partition coefficient (Wildman–Crippen LogP) is 2.05. The summed E-state index contributed by atoms with van der Waals surface area (Å²) in [5.74, 6) is 0. The van der Waals surface area contributed by atoms with Gasteiger partial charge in [-0.2, -0.15) is 5.26 Å². The molecule has 0 aromatic carbocycles. The third-order valence-electron chi connectivity index (χ3n) is 1.72. The van der Waals surface area contributed by atoms with E-state index in [-0.39, 0.29) is 0 Å². The minimum atomic E-state index is 0.435. The number of hydrogen-bond acceptors (Lipinski definition) is 3. The standard InChI is InChI=1S/C11H12N2O/c1-2-3-7-14-9-10-5-4-6-13-11(10)8-12/h2,4-6H,1,3,7,9H2. The van der Waals surface area contributed by atoms with E-state index in [4.69, 9.17) is 10.00 Å². The van der Waals surface area contributed by atoms with Crippen LogP contribution in [0.4, 0.5) is 0 Å². The van der Waals surface area contributed by atoms with Gasteiger partial charge in [0.25, 0.3) is 0 Å². The number of hydrogen-bond donors (Lipinski definition) is 0. The summed E-state index contributed by atoms with van der Waals surface area (Å²) in [4.78, 5) is 3.93. The van der Waals surface area contributed by atoms with E-state index < -0.39 is 0 Å². The molecular weight excluding hydrogens is 176 g/mol. The lowest BCUT2D eigenvalue weighted by Crippen LogP contribution is -1.98. The highest BCUT2D eigenvalue weighted by atomic mass is 16.5. The Balaban J connectivity index is 2.50. The van der Waals surface area contributed by atoms with Crippen molar-refractivity contribution < 1.29 is 4.74 Å². The van der Waals surface area contributed by atoms with Crippen LogP contribution in [0.3, 0.4) is 0 Å². The minimum Gasteiger partial charge on any atom is -0.376 e. The third-order valence-corrected chi connectivity index (χ3v) is 1.72. The van der Waals surface area contributed by atoms with E-state index >= 15 is 0 Å². The lowest BCUT2D eigenvalue weighted by atomic mass is 10.2. The van der Waals surface area contributed by atoms with Gasteiger partial charge in [-0.05, 0) is 12.5 Å². The first-order valence-corrected chi connectivity index (χ1v) is 4.41. The molecule has 0 aliphatic rings. The molecule has 1 aromatic heterocycles. The largest absolute Gasteiger partial charge is 0.376 e. The van der Waals surface area contributed by atoms with Crippen molar-refractivity contribution in [1.29, 1.82) is 5.26 Å². The first-order chi connectivity index (χ1) is 6.88. The van der Waals surface area contributed by atoms with E-state index in [1.54, 1.807) is 18.3 Å². The predicted molar refractivity (Wildman–Crippen MR) is 53.4 cm³/mol. The normalized spacial score (nSPS) is 9.36. The average molecular weight is 188 g/mol. The number of aromatic nitrogens is 1. The zero-order valence-electron chi connectivity index (χ0n) is 7.94. The molecule has 0 fully saturated rings. The van der Waals surface area contributed by atoms with E-state index in [9.17, 15) is 0 Å². The van der Waals surface area contributed by atoms with E-state index in [0.29, 0.717) is 18.9 Å². The summed E-state index contributed by atoms with van der Waals surface area (Å²) in [6.07, 6.45) is 4.22. The maximum absolute atomic E-state index is 8.74. The summed E-state index contributed by atoms with van der Waals surface area (Å²) in [6.45, 7) is 4.66. The zero-order valence-corrected chi connectivity index (χ0v) is 7.94. The Bertz CT molecular complexity index is 341. The summed E-state index contributed by atoms with van der Waals surface area (Å²) in [5.41, 5.74) is 1.27. The molecule has 1 rings (SSSR count). The smallest absolute Gasteiger partial charge is 0.145 e. The van der Waals surface area contributed by atoms with Gasteiger partial charge in [-0.25, -0.2) is 4.98 Å². The lowest BCUT2D eigenvalue weighted by molar-refractivity contribution is 0.125. The van der Waals surface area contributed by atoms with Crippen molar-refractivity contribution in [2.75, 3.05) is 6.61 Å². The molecule has 1 aromatic rings. The second-order valence-corrected chi connectivity index (χ2v) is 2.75. The van der Waals surface area contributed by atoms with Crippen molar-refractivity contribution >= 4 is 0 Å². The fourth-order valence-electron chi connectivity index (χ4n) is 1.00. The first kappa shape index (κ1) is 10.4. The maximum atomic E-state index is 8.74. The third kappa shape index (κ3) is 3.00. The molecule has 0 radical (unpaired) electrons. The van der Waals surface area contributed by atoms with Gasteiger partial charge >= 0.3 is 0 Å². The van der Waals surface area contributed by atoms with Crippen molar-refractivity contribution in [2.45, 2.75) is 13.0 Å². The van der Waals surface area contributed by atoms with Gasteiger partial charge in [0.05, 0.1) is 13.2 Å². The highest BCUT2D eigenvalue weighted by molar-refractivity contribution is 5.29.